The summed E-state index contributed by atoms with van der Waals surface area (Å²) in [5, 5.41) is 11.3. The topological polar surface area (TPSA) is 58.4 Å². The Bertz CT molecular complexity index is 1790. The highest BCUT2D eigenvalue weighted by atomic mass is 19.1. The van der Waals surface area contributed by atoms with E-state index < -0.39 is 5.41 Å². The molecular formula is C33H28FN3O2. The SMILES string of the molecule is CN(C)c1ccc(-c2cc(-c3ccc(F)cc3)nc(-c3c(O)cc4n(c3=O)-c3ccccc3C4(C)C)c2)cc1. The fourth-order valence-electron chi connectivity index (χ4n) is 5.42. The van der Waals surface area contributed by atoms with Crippen molar-refractivity contribution in [2.45, 2.75) is 19.3 Å². The molecule has 39 heavy (non-hydrogen) atoms. The Morgan fingerprint density at radius 2 is 1.46 bits per heavy atom. The number of para-hydroxylation sites is 1. The molecule has 0 unspecified atom stereocenters. The first kappa shape index (κ1) is 24.6. The fraction of sp³-hybridized carbons (Fsp3) is 0.152. The van der Waals surface area contributed by atoms with E-state index in [-0.39, 0.29) is 22.7 Å². The standard InChI is InChI=1S/C33H28FN3O2/c1-33(2)25-7-5-6-8-28(25)37-30(33)19-29(38)31(32(37)39)27-18-22(20-11-15-24(16-12-20)36(3)4)17-26(35-27)21-9-13-23(34)14-10-21/h5-19,38H,1-4H3. The van der Waals surface area contributed by atoms with Gasteiger partial charge in [-0.2, -0.15) is 0 Å². The third-order valence-corrected chi connectivity index (χ3v) is 7.58. The lowest BCUT2D eigenvalue weighted by Crippen LogP contribution is -2.24. The van der Waals surface area contributed by atoms with Crippen LogP contribution in [0.1, 0.15) is 25.1 Å². The molecule has 0 saturated heterocycles. The van der Waals surface area contributed by atoms with E-state index in [2.05, 4.69) is 0 Å². The van der Waals surface area contributed by atoms with E-state index in [0.717, 1.165) is 33.8 Å². The summed E-state index contributed by atoms with van der Waals surface area (Å²) in [7, 11) is 3.96. The van der Waals surface area contributed by atoms with Crippen LogP contribution in [0.15, 0.2) is 95.8 Å². The van der Waals surface area contributed by atoms with Gasteiger partial charge in [0, 0.05) is 42.5 Å². The van der Waals surface area contributed by atoms with Crippen molar-refractivity contribution in [2.75, 3.05) is 19.0 Å². The number of aromatic hydroxyl groups is 1. The van der Waals surface area contributed by atoms with Gasteiger partial charge in [-0.1, -0.05) is 44.2 Å². The molecule has 0 radical (unpaired) electrons. The van der Waals surface area contributed by atoms with Crippen LogP contribution in [0.25, 0.3) is 39.3 Å². The molecule has 3 aromatic carbocycles. The van der Waals surface area contributed by atoms with Gasteiger partial charge in [-0.15, -0.1) is 0 Å². The summed E-state index contributed by atoms with van der Waals surface area (Å²) >= 11 is 0. The van der Waals surface area contributed by atoms with Crippen LogP contribution < -0.4 is 10.5 Å². The monoisotopic (exact) mass is 517 g/mol. The van der Waals surface area contributed by atoms with E-state index in [1.807, 2.05) is 93.5 Å². The van der Waals surface area contributed by atoms with Gasteiger partial charge in [-0.05, 0) is 71.3 Å². The summed E-state index contributed by atoms with van der Waals surface area (Å²) < 4.78 is 15.4. The molecule has 0 saturated carbocycles. The first-order valence-electron chi connectivity index (χ1n) is 12.8. The highest BCUT2D eigenvalue weighted by molar-refractivity contribution is 5.79. The maximum absolute atomic E-state index is 14.1. The van der Waals surface area contributed by atoms with E-state index in [9.17, 15) is 14.3 Å². The first-order valence-corrected chi connectivity index (χ1v) is 12.8. The molecule has 3 heterocycles. The van der Waals surface area contributed by atoms with Crippen molar-refractivity contribution in [3.8, 4) is 45.1 Å². The van der Waals surface area contributed by atoms with Gasteiger partial charge in [0.05, 0.1) is 17.1 Å². The summed E-state index contributed by atoms with van der Waals surface area (Å²) in [6, 6.07) is 27.4. The molecule has 0 spiro atoms. The van der Waals surface area contributed by atoms with Gasteiger partial charge in [0.1, 0.15) is 17.1 Å². The largest absolute Gasteiger partial charge is 0.507 e. The number of aromatic nitrogens is 2. The number of fused-ring (bicyclic) bond motifs is 3. The van der Waals surface area contributed by atoms with Gasteiger partial charge in [0.25, 0.3) is 5.56 Å². The number of rotatable bonds is 4. The zero-order valence-corrected chi connectivity index (χ0v) is 22.2. The summed E-state index contributed by atoms with van der Waals surface area (Å²) in [6.45, 7) is 4.10. The number of hydrogen-bond acceptors (Lipinski definition) is 4. The van der Waals surface area contributed by atoms with Crippen LogP contribution >= 0.6 is 0 Å². The Hall–Kier alpha value is -4.71. The van der Waals surface area contributed by atoms with E-state index in [1.165, 1.54) is 12.1 Å². The van der Waals surface area contributed by atoms with Gasteiger partial charge >= 0.3 is 0 Å². The van der Waals surface area contributed by atoms with E-state index in [1.54, 1.807) is 22.8 Å². The second-order valence-corrected chi connectivity index (χ2v) is 10.6. The molecule has 1 aliphatic heterocycles. The predicted molar refractivity (Wildman–Crippen MR) is 154 cm³/mol. The molecule has 0 aliphatic carbocycles. The van der Waals surface area contributed by atoms with Crippen LogP contribution in [0.4, 0.5) is 10.1 Å². The second-order valence-electron chi connectivity index (χ2n) is 10.6. The highest BCUT2D eigenvalue weighted by Crippen LogP contribution is 2.44. The summed E-state index contributed by atoms with van der Waals surface area (Å²) in [5.41, 5.74) is 6.34. The number of benzene rings is 3. The molecule has 194 valence electrons. The van der Waals surface area contributed by atoms with Gasteiger partial charge < -0.3 is 10.0 Å². The minimum Gasteiger partial charge on any atom is -0.507 e. The van der Waals surface area contributed by atoms with Crippen LogP contribution in [-0.4, -0.2) is 28.8 Å². The average Bonchev–Trinajstić information content (AvgIpc) is 3.15. The van der Waals surface area contributed by atoms with E-state index in [0.29, 0.717) is 17.0 Å². The van der Waals surface area contributed by atoms with E-state index >= 15 is 0 Å². The van der Waals surface area contributed by atoms with Crippen LogP contribution in [0.2, 0.25) is 0 Å². The van der Waals surface area contributed by atoms with Crippen molar-refractivity contribution in [1.29, 1.82) is 0 Å². The molecule has 2 aromatic heterocycles. The molecule has 0 atom stereocenters. The third kappa shape index (κ3) is 4.00. The van der Waals surface area contributed by atoms with Gasteiger partial charge in [0.15, 0.2) is 0 Å². The van der Waals surface area contributed by atoms with Crippen molar-refractivity contribution in [3.05, 3.63) is 118 Å². The van der Waals surface area contributed by atoms with Gasteiger partial charge in [-0.25, -0.2) is 9.37 Å². The minimum absolute atomic E-state index is 0.121. The number of pyridine rings is 2. The Morgan fingerprint density at radius 1 is 0.821 bits per heavy atom. The van der Waals surface area contributed by atoms with Crippen LogP contribution in [0, 0.1) is 5.82 Å². The van der Waals surface area contributed by atoms with Gasteiger partial charge in [0.2, 0.25) is 0 Å². The second kappa shape index (κ2) is 8.95. The molecule has 5 nitrogen and oxygen atoms in total. The van der Waals surface area contributed by atoms with Gasteiger partial charge in [-0.3, -0.25) is 9.36 Å². The number of anilines is 1. The van der Waals surface area contributed by atoms with Crippen molar-refractivity contribution >= 4 is 5.69 Å². The highest BCUT2D eigenvalue weighted by Gasteiger charge is 2.38. The van der Waals surface area contributed by atoms with Crippen molar-refractivity contribution < 1.29 is 9.50 Å². The maximum Gasteiger partial charge on any atom is 0.268 e. The number of hydrogen-bond donors (Lipinski definition) is 1. The summed E-state index contributed by atoms with van der Waals surface area (Å²) in [4.78, 5) is 20.9. The molecule has 1 N–H and O–H groups in total. The quantitative estimate of drug-likeness (QED) is 0.285. The normalized spacial score (nSPS) is 13.2. The summed E-state index contributed by atoms with van der Waals surface area (Å²) in [6.07, 6.45) is 0. The van der Waals surface area contributed by atoms with Crippen molar-refractivity contribution in [3.63, 3.8) is 0 Å². The molecular weight excluding hydrogens is 489 g/mol. The molecule has 0 amide bonds. The third-order valence-electron chi connectivity index (χ3n) is 7.58. The van der Waals surface area contributed by atoms with Crippen LogP contribution in [0.3, 0.4) is 0 Å². The lowest BCUT2D eigenvalue weighted by Gasteiger charge is -2.20. The maximum atomic E-state index is 14.1. The molecule has 1 aliphatic rings. The smallest absolute Gasteiger partial charge is 0.268 e. The van der Waals surface area contributed by atoms with Crippen molar-refractivity contribution in [1.82, 2.24) is 9.55 Å². The Balaban J connectivity index is 1.60. The number of nitrogens with zero attached hydrogens (tertiary/aromatic N) is 3. The molecule has 5 aromatic rings. The fourth-order valence-corrected chi connectivity index (χ4v) is 5.42. The average molecular weight is 518 g/mol. The predicted octanol–water partition coefficient (Wildman–Crippen LogP) is 6.78. The first-order chi connectivity index (χ1) is 18.6. The Kier molecular flexibility index (Phi) is 5.65. The minimum atomic E-state index is -0.450. The molecule has 6 rings (SSSR count). The lowest BCUT2D eigenvalue weighted by atomic mass is 9.83. The zero-order chi connectivity index (χ0) is 27.5. The number of halogens is 1. The zero-order valence-electron chi connectivity index (χ0n) is 22.2. The molecule has 0 fully saturated rings. The summed E-state index contributed by atoms with van der Waals surface area (Å²) in [5.74, 6) is -0.463. The Morgan fingerprint density at radius 3 is 2.15 bits per heavy atom. The lowest BCUT2D eigenvalue weighted by molar-refractivity contribution is 0.471. The molecule has 0 bridgehead atoms. The van der Waals surface area contributed by atoms with Crippen LogP contribution in [-0.2, 0) is 5.41 Å². The van der Waals surface area contributed by atoms with Crippen molar-refractivity contribution in [2.24, 2.45) is 0 Å². The Labute approximate surface area is 226 Å². The van der Waals surface area contributed by atoms with E-state index in [4.69, 9.17) is 4.98 Å². The molecule has 6 heteroatoms. The van der Waals surface area contributed by atoms with Crippen LogP contribution in [0.5, 0.6) is 5.75 Å².